The zero-order chi connectivity index (χ0) is 18.6. The summed E-state index contributed by atoms with van der Waals surface area (Å²) in [6.45, 7) is 4.43. The van der Waals surface area contributed by atoms with Crippen LogP contribution in [0.4, 0.5) is 0 Å². The molecular weight excluding hydrogens is 336 g/mol. The molecule has 27 heavy (non-hydrogen) atoms. The first-order chi connectivity index (χ1) is 13.2. The fourth-order valence-corrected chi connectivity index (χ4v) is 3.54. The number of pyridine rings is 1. The van der Waals surface area contributed by atoms with Gasteiger partial charge in [-0.3, -0.25) is 4.98 Å². The fraction of sp³-hybridized carbons (Fsp3) is 0.261. The highest BCUT2D eigenvalue weighted by atomic mass is 16.5. The van der Waals surface area contributed by atoms with Crippen LogP contribution in [0.3, 0.4) is 0 Å². The average molecular weight is 360 g/mol. The first-order valence-corrected chi connectivity index (χ1v) is 9.29. The van der Waals surface area contributed by atoms with Crippen molar-refractivity contribution in [2.75, 3.05) is 13.7 Å². The molecule has 0 unspecified atom stereocenters. The third kappa shape index (κ3) is 3.81. The average Bonchev–Trinajstić information content (AvgIpc) is 2.71. The van der Waals surface area contributed by atoms with Crippen LogP contribution in [0.1, 0.15) is 22.4 Å². The molecule has 3 aromatic rings. The minimum atomic E-state index is 0.412. The second kappa shape index (κ2) is 7.80. The van der Waals surface area contributed by atoms with E-state index in [9.17, 15) is 0 Å². The molecule has 2 aromatic carbocycles. The summed E-state index contributed by atoms with van der Waals surface area (Å²) in [7, 11) is 1.69. The fourth-order valence-electron chi connectivity index (χ4n) is 3.54. The van der Waals surface area contributed by atoms with Crippen molar-refractivity contribution in [1.82, 2.24) is 10.3 Å². The van der Waals surface area contributed by atoms with Gasteiger partial charge in [-0.1, -0.05) is 24.3 Å². The van der Waals surface area contributed by atoms with Crippen LogP contribution in [0.5, 0.6) is 11.5 Å². The lowest BCUT2D eigenvalue weighted by Gasteiger charge is -2.19. The predicted octanol–water partition coefficient (Wildman–Crippen LogP) is 4.29. The molecule has 1 aliphatic rings. The van der Waals surface area contributed by atoms with Gasteiger partial charge in [-0.25, -0.2) is 0 Å². The van der Waals surface area contributed by atoms with Crippen molar-refractivity contribution in [3.05, 3.63) is 77.1 Å². The summed E-state index contributed by atoms with van der Waals surface area (Å²) in [6, 6.07) is 16.7. The lowest BCUT2D eigenvalue weighted by molar-refractivity contribution is 0.281. The van der Waals surface area contributed by atoms with Crippen LogP contribution in [0, 0.1) is 6.92 Å². The maximum atomic E-state index is 6.04. The number of hydrogen-bond acceptors (Lipinski definition) is 4. The third-order valence-corrected chi connectivity index (χ3v) is 4.93. The molecule has 1 aliphatic heterocycles. The molecule has 4 heteroatoms. The molecule has 4 nitrogen and oxygen atoms in total. The summed E-state index contributed by atoms with van der Waals surface area (Å²) in [6.07, 6.45) is 2.89. The van der Waals surface area contributed by atoms with E-state index in [2.05, 4.69) is 41.5 Å². The smallest absolute Gasteiger partial charge is 0.168 e. The van der Waals surface area contributed by atoms with Crippen molar-refractivity contribution in [2.24, 2.45) is 0 Å². The van der Waals surface area contributed by atoms with Crippen molar-refractivity contribution >= 4 is 0 Å². The lowest BCUT2D eigenvalue weighted by atomic mass is 9.95. The second-order valence-electron chi connectivity index (χ2n) is 6.86. The highest BCUT2D eigenvalue weighted by Crippen LogP contribution is 2.39. The Balaban J connectivity index is 1.63. The Morgan fingerprint density at radius 2 is 2.00 bits per heavy atom. The molecule has 2 heterocycles. The molecule has 1 N–H and O–H groups in total. The van der Waals surface area contributed by atoms with Gasteiger partial charge in [-0.15, -0.1) is 0 Å². The number of fused-ring (bicyclic) bond motifs is 1. The standard InChI is InChI=1S/C23H24N2O2/c1-16-8-11-25-20(12-16)15-27-22-5-3-4-21(23(22)26-2)18-7-6-17-9-10-24-14-19(17)13-18/h3-8,11-13,24H,9-10,14-15H2,1-2H3. The van der Waals surface area contributed by atoms with Gasteiger partial charge in [-0.2, -0.15) is 0 Å². The van der Waals surface area contributed by atoms with Crippen LogP contribution < -0.4 is 14.8 Å². The SMILES string of the molecule is COc1c(OCc2cc(C)ccn2)cccc1-c1ccc2c(c1)CNCC2. The zero-order valence-electron chi connectivity index (χ0n) is 15.8. The van der Waals surface area contributed by atoms with E-state index in [1.807, 2.05) is 30.5 Å². The maximum Gasteiger partial charge on any atom is 0.168 e. The molecule has 0 spiro atoms. The van der Waals surface area contributed by atoms with E-state index >= 15 is 0 Å². The molecule has 0 radical (unpaired) electrons. The van der Waals surface area contributed by atoms with Crippen LogP contribution in [-0.4, -0.2) is 18.6 Å². The van der Waals surface area contributed by atoms with Crippen LogP contribution in [0.2, 0.25) is 0 Å². The van der Waals surface area contributed by atoms with Crippen molar-refractivity contribution in [3.63, 3.8) is 0 Å². The first kappa shape index (κ1) is 17.6. The number of hydrogen-bond donors (Lipinski definition) is 1. The van der Waals surface area contributed by atoms with Crippen molar-refractivity contribution < 1.29 is 9.47 Å². The molecule has 0 saturated heterocycles. The molecule has 0 atom stereocenters. The van der Waals surface area contributed by atoms with E-state index in [1.165, 1.54) is 16.7 Å². The Labute approximate surface area is 160 Å². The van der Waals surface area contributed by atoms with Gasteiger partial charge < -0.3 is 14.8 Å². The predicted molar refractivity (Wildman–Crippen MR) is 107 cm³/mol. The Morgan fingerprint density at radius 1 is 1.07 bits per heavy atom. The molecule has 0 saturated carbocycles. The van der Waals surface area contributed by atoms with E-state index < -0.39 is 0 Å². The summed E-state index contributed by atoms with van der Waals surface area (Å²) in [5.74, 6) is 1.49. The number of para-hydroxylation sites is 1. The number of benzene rings is 2. The van der Waals surface area contributed by atoms with E-state index in [0.29, 0.717) is 6.61 Å². The van der Waals surface area contributed by atoms with Crippen LogP contribution in [-0.2, 0) is 19.6 Å². The Bertz CT molecular complexity index is 953. The first-order valence-electron chi connectivity index (χ1n) is 9.29. The van der Waals surface area contributed by atoms with E-state index in [4.69, 9.17) is 9.47 Å². The van der Waals surface area contributed by atoms with Gasteiger partial charge in [0.2, 0.25) is 0 Å². The van der Waals surface area contributed by atoms with Crippen molar-refractivity contribution in [2.45, 2.75) is 26.5 Å². The third-order valence-electron chi connectivity index (χ3n) is 4.93. The molecular formula is C23H24N2O2. The summed E-state index contributed by atoms with van der Waals surface area (Å²) in [5.41, 5.74) is 7.05. The maximum absolute atomic E-state index is 6.04. The van der Waals surface area contributed by atoms with Gasteiger partial charge in [0.1, 0.15) is 6.61 Å². The Hall–Kier alpha value is -2.85. The summed E-state index contributed by atoms with van der Waals surface area (Å²) < 4.78 is 11.8. The Kier molecular flexibility index (Phi) is 5.07. The summed E-state index contributed by atoms with van der Waals surface area (Å²) in [5, 5.41) is 3.44. The molecule has 0 fully saturated rings. The van der Waals surface area contributed by atoms with Gasteiger partial charge in [0.25, 0.3) is 0 Å². The van der Waals surface area contributed by atoms with Crippen LogP contribution >= 0.6 is 0 Å². The number of rotatable bonds is 5. The molecule has 0 amide bonds. The van der Waals surface area contributed by atoms with Crippen molar-refractivity contribution in [1.29, 1.82) is 0 Å². The summed E-state index contributed by atoms with van der Waals surface area (Å²) >= 11 is 0. The quantitative estimate of drug-likeness (QED) is 0.737. The largest absolute Gasteiger partial charge is 0.492 e. The zero-order valence-corrected chi connectivity index (χ0v) is 15.8. The minimum Gasteiger partial charge on any atom is -0.492 e. The molecule has 0 bridgehead atoms. The highest BCUT2D eigenvalue weighted by Gasteiger charge is 2.15. The molecule has 0 aliphatic carbocycles. The normalized spacial score (nSPS) is 13.1. The van der Waals surface area contributed by atoms with Gasteiger partial charge in [-0.05, 0) is 66.4 Å². The monoisotopic (exact) mass is 360 g/mol. The molecule has 4 rings (SSSR count). The number of ether oxygens (including phenoxy) is 2. The highest BCUT2D eigenvalue weighted by molar-refractivity contribution is 5.74. The second-order valence-corrected chi connectivity index (χ2v) is 6.86. The number of nitrogens with zero attached hydrogens (tertiary/aromatic N) is 1. The van der Waals surface area contributed by atoms with Crippen LogP contribution in [0.15, 0.2) is 54.7 Å². The van der Waals surface area contributed by atoms with Gasteiger partial charge in [0.15, 0.2) is 11.5 Å². The Morgan fingerprint density at radius 3 is 2.85 bits per heavy atom. The summed E-state index contributed by atoms with van der Waals surface area (Å²) in [4.78, 5) is 4.37. The van der Waals surface area contributed by atoms with Crippen molar-refractivity contribution in [3.8, 4) is 22.6 Å². The van der Waals surface area contributed by atoms with Gasteiger partial charge in [0.05, 0.1) is 12.8 Å². The van der Waals surface area contributed by atoms with E-state index in [1.54, 1.807) is 7.11 Å². The number of aryl methyl sites for hydroxylation is 1. The van der Waals surface area contributed by atoms with Gasteiger partial charge >= 0.3 is 0 Å². The van der Waals surface area contributed by atoms with E-state index in [-0.39, 0.29) is 0 Å². The minimum absolute atomic E-state index is 0.412. The number of aromatic nitrogens is 1. The lowest BCUT2D eigenvalue weighted by Crippen LogP contribution is -2.23. The molecule has 1 aromatic heterocycles. The van der Waals surface area contributed by atoms with E-state index in [0.717, 1.165) is 47.8 Å². The van der Waals surface area contributed by atoms with Crippen LogP contribution in [0.25, 0.3) is 11.1 Å². The number of methoxy groups -OCH3 is 1. The number of nitrogens with one attached hydrogen (secondary N) is 1. The molecule has 138 valence electrons. The topological polar surface area (TPSA) is 43.4 Å². The van der Waals surface area contributed by atoms with Gasteiger partial charge in [0, 0.05) is 18.3 Å².